The number of aryl methyl sites for hydroxylation is 1. The number of halogens is 1. The lowest BCUT2D eigenvalue weighted by Crippen LogP contribution is -2.18. The van der Waals surface area contributed by atoms with Crippen molar-refractivity contribution in [3.8, 4) is 5.75 Å². The Morgan fingerprint density at radius 3 is 2.33 bits per heavy atom. The molecule has 0 aliphatic rings. The molecule has 1 aromatic rings. The molecule has 0 radical (unpaired) electrons. The van der Waals surface area contributed by atoms with Gasteiger partial charge in [0.2, 0.25) is 0 Å². The van der Waals surface area contributed by atoms with Crippen molar-refractivity contribution >= 4 is 15.9 Å². The van der Waals surface area contributed by atoms with Crippen LogP contribution in [0.5, 0.6) is 5.75 Å². The normalized spacial score (nSPS) is 15.3. The Hall–Kier alpha value is -0.500. The third-order valence-electron chi connectivity index (χ3n) is 3.85. The van der Waals surface area contributed by atoms with E-state index in [9.17, 15) is 0 Å². The zero-order chi connectivity index (χ0) is 13.9. The molecule has 1 nitrogen and oxygen atoms in total. The third-order valence-corrected chi connectivity index (χ3v) is 4.72. The van der Waals surface area contributed by atoms with Gasteiger partial charge in [0.05, 0.1) is 7.11 Å². The predicted molar refractivity (Wildman–Crippen MR) is 82.6 cm³/mol. The first-order valence-corrected chi connectivity index (χ1v) is 7.46. The largest absolute Gasteiger partial charge is 0.497 e. The molecule has 2 unspecified atom stereocenters. The number of hydrogen-bond donors (Lipinski definition) is 0. The van der Waals surface area contributed by atoms with Crippen LogP contribution in [0.2, 0.25) is 0 Å². The molecule has 2 heteroatoms. The van der Waals surface area contributed by atoms with Gasteiger partial charge in [-0.1, -0.05) is 49.7 Å². The van der Waals surface area contributed by atoms with Crippen LogP contribution in [0.25, 0.3) is 0 Å². The number of rotatable bonds is 4. The Morgan fingerprint density at radius 2 is 1.89 bits per heavy atom. The average molecular weight is 313 g/mol. The molecule has 2 atom stereocenters. The Bertz CT molecular complexity index is 393. The van der Waals surface area contributed by atoms with Gasteiger partial charge >= 0.3 is 0 Å². The topological polar surface area (TPSA) is 9.23 Å². The van der Waals surface area contributed by atoms with Crippen LogP contribution in [0.3, 0.4) is 0 Å². The van der Waals surface area contributed by atoms with E-state index in [-0.39, 0.29) is 0 Å². The van der Waals surface area contributed by atoms with Crippen molar-refractivity contribution in [1.29, 1.82) is 0 Å². The summed E-state index contributed by atoms with van der Waals surface area (Å²) < 4.78 is 5.25. The number of alkyl halides is 1. The summed E-state index contributed by atoms with van der Waals surface area (Å²) in [4.78, 5) is 0.414. The predicted octanol–water partition coefficient (Wildman–Crippen LogP) is 5.51. The quantitative estimate of drug-likeness (QED) is 0.666. The first-order chi connectivity index (χ1) is 8.25. The van der Waals surface area contributed by atoms with Crippen molar-refractivity contribution in [2.45, 2.75) is 45.9 Å². The molecular weight excluding hydrogens is 288 g/mol. The maximum absolute atomic E-state index is 5.25. The highest BCUT2D eigenvalue weighted by Crippen LogP contribution is 2.38. The maximum atomic E-state index is 5.25. The minimum Gasteiger partial charge on any atom is -0.497 e. The summed E-state index contributed by atoms with van der Waals surface area (Å²) in [7, 11) is 1.71. The van der Waals surface area contributed by atoms with Crippen LogP contribution < -0.4 is 4.74 Å². The van der Waals surface area contributed by atoms with Gasteiger partial charge in [0.15, 0.2) is 0 Å². The van der Waals surface area contributed by atoms with Crippen molar-refractivity contribution < 1.29 is 4.74 Å². The minimum atomic E-state index is 0.354. The van der Waals surface area contributed by atoms with Gasteiger partial charge in [-0.25, -0.2) is 0 Å². The lowest BCUT2D eigenvalue weighted by molar-refractivity contribution is 0.246. The molecular formula is C16H25BrO. The van der Waals surface area contributed by atoms with E-state index in [0.29, 0.717) is 16.2 Å². The molecule has 0 aromatic heterocycles. The van der Waals surface area contributed by atoms with Crippen LogP contribution in [0.4, 0.5) is 0 Å². The van der Waals surface area contributed by atoms with E-state index in [1.807, 2.05) is 6.07 Å². The maximum Gasteiger partial charge on any atom is 0.119 e. The van der Waals surface area contributed by atoms with E-state index in [0.717, 1.165) is 12.2 Å². The van der Waals surface area contributed by atoms with E-state index in [4.69, 9.17) is 4.74 Å². The van der Waals surface area contributed by atoms with E-state index in [1.54, 1.807) is 7.11 Å². The van der Waals surface area contributed by atoms with Gasteiger partial charge in [-0.15, -0.1) is 0 Å². The van der Waals surface area contributed by atoms with Gasteiger partial charge in [0.1, 0.15) is 5.75 Å². The first-order valence-electron chi connectivity index (χ1n) is 6.54. The third kappa shape index (κ3) is 4.01. The molecule has 102 valence electrons. The fourth-order valence-corrected chi connectivity index (χ4v) is 2.99. The second-order valence-electron chi connectivity index (χ2n) is 6.19. The molecule has 0 heterocycles. The number of benzene rings is 1. The molecule has 0 fully saturated rings. The summed E-state index contributed by atoms with van der Waals surface area (Å²) in [5.41, 5.74) is 3.01. The zero-order valence-electron chi connectivity index (χ0n) is 12.4. The fourth-order valence-electron chi connectivity index (χ4n) is 1.92. The van der Waals surface area contributed by atoms with E-state index in [2.05, 4.69) is 62.7 Å². The standard InChI is InChI=1S/C16H25BrO/c1-11-9-13(18-6)7-8-14(11)15(17)10-12(2)16(3,4)5/h7-9,12,15H,10H2,1-6H3. The molecule has 0 spiro atoms. The summed E-state index contributed by atoms with van der Waals surface area (Å²) in [5.74, 6) is 1.60. The van der Waals surface area contributed by atoms with Crippen LogP contribution >= 0.6 is 15.9 Å². The number of hydrogen-bond acceptors (Lipinski definition) is 1. The van der Waals surface area contributed by atoms with Gasteiger partial charge in [-0.2, -0.15) is 0 Å². The highest BCUT2D eigenvalue weighted by atomic mass is 79.9. The van der Waals surface area contributed by atoms with Gasteiger partial charge < -0.3 is 4.74 Å². The number of methoxy groups -OCH3 is 1. The molecule has 0 aliphatic heterocycles. The highest BCUT2D eigenvalue weighted by molar-refractivity contribution is 9.09. The molecule has 0 aliphatic carbocycles. The van der Waals surface area contributed by atoms with Crippen LogP contribution in [0.1, 0.15) is 50.1 Å². The molecule has 0 N–H and O–H groups in total. The summed E-state index contributed by atoms with van der Waals surface area (Å²) in [5, 5.41) is 0. The van der Waals surface area contributed by atoms with Crippen LogP contribution in [0.15, 0.2) is 18.2 Å². The lowest BCUT2D eigenvalue weighted by atomic mass is 9.78. The SMILES string of the molecule is COc1ccc(C(Br)CC(C)C(C)(C)C)c(C)c1. The Morgan fingerprint density at radius 1 is 1.28 bits per heavy atom. The van der Waals surface area contributed by atoms with Crippen molar-refractivity contribution in [2.75, 3.05) is 7.11 Å². The summed E-state index contributed by atoms with van der Waals surface area (Å²) >= 11 is 3.84. The van der Waals surface area contributed by atoms with Crippen molar-refractivity contribution in [3.63, 3.8) is 0 Å². The van der Waals surface area contributed by atoms with Gasteiger partial charge in [-0.3, -0.25) is 0 Å². The molecule has 1 aromatic carbocycles. The molecule has 0 saturated carbocycles. The van der Waals surface area contributed by atoms with Gasteiger partial charge in [0.25, 0.3) is 0 Å². The zero-order valence-corrected chi connectivity index (χ0v) is 14.0. The van der Waals surface area contributed by atoms with Gasteiger partial charge in [0, 0.05) is 4.83 Å². The minimum absolute atomic E-state index is 0.354. The molecule has 0 saturated heterocycles. The first kappa shape index (κ1) is 15.6. The molecule has 0 bridgehead atoms. The Balaban J connectivity index is 2.81. The smallest absolute Gasteiger partial charge is 0.119 e. The van der Waals surface area contributed by atoms with Crippen LogP contribution in [-0.2, 0) is 0 Å². The highest BCUT2D eigenvalue weighted by Gasteiger charge is 2.23. The second-order valence-corrected chi connectivity index (χ2v) is 7.30. The van der Waals surface area contributed by atoms with Crippen LogP contribution in [-0.4, -0.2) is 7.11 Å². The van der Waals surface area contributed by atoms with Crippen molar-refractivity contribution in [2.24, 2.45) is 11.3 Å². The lowest BCUT2D eigenvalue weighted by Gasteiger charge is -2.29. The molecule has 18 heavy (non-hydrogen) atoms. The van der Waals surface area contributed by atoms with Crippen LogP contribution in [0, 0.1) is 18.3 Å². The summed E-state index contributed by atoms with van der Waals surface area (Å²) in [6.45, 7) is 11.4. The number of ether oxygens (including phenoxy) is 1. The second kappa shape index (κ2) is 6.10. The summed E-state index contributed by atoms with van der Waals surface area (Å²) in [6, 6.07) is 6.31. The van der Waals surface area contributed by atoms with E-state index >= 15 is 0 Å². The van der Waals surface area contributed by atoms with Gasteiger partial charge in [-0.05, 0) is 47.9 Å². The molecule has 1 rings (SSSR count). The Kier molecular flexibility index (Phi) is 5.27. The fraction of sp³-hybridized carbons (Fsp3) is 0.625. The van der Waals surface area contributed by atoms with Crippen molar-refractivity contribution in [3.05, 3.63) is 29.3 Å². The van der Waals surface area contributed by atoms with E-state index < -0.39 is 0 Å². The van der Waals surface area contributed by atoms with E-state index in [1.165, 1.54) is 11.1 Å². The molecule has 0 amide bonds. The Labute approximate surface area is 120 Å². The van der Waals surface area contributed by atoms with Crippen molar-refractivity contribution in [1.82, 2.24) is 0 Å². The summed E-state index contributed by atoms with van der Waals surface area (Å²) in [6.07, 6.45) is 1.15. The average Bonchev–Trinajstić information content (AvgIpc) is 2.27. The monoisotopic (exact) mass is 312 g/mol.